The van der Waals surface area contributed by atoms with Crippen LogP contribution < -0.4 is 10.6 Å². The number of carbonyl (C=O) groups is 5. The highest BCUT2D eigenvalue weighted by molar-refractivity contribution is 7.41. The van der Waals surface area contributed by atoms with E-state index in [1.54, 1.807) is 0 Å². The molecule has 2 saturated carbocycles. The summed E-state index contributed by atoms with van der Waals surface area (Å²) >= 11 is 0. The quantitative estimate of drug-likeness (QED) is 0.0163. The highest BCUT2D eigenvalue weighted by atomic mass is 31.2. The molecule has 6 aliphatic rings. The lowest BCUT2D eigenvalue weighted by molar-refractivity contribution is -0.337. The summed E-state index contributed by atoms with van der Waals surface area (Å²) in [5, 5.41) is 16.9. The lowest BCUT2D eigenvalue weighted by Gasteiger charge is -2.50. The second-order valence-corrected chi connectivity index (χ2v) is 33.5. The van der Waals surface area contributed by atoms with Gasteiger partial charge in [0.2, 0.25) is 0 Å². The molecule has 0 aromatic heterocycles. The van der Waals surface area contributed by atoms with Gasteiger partial charge in [0.05, 0.1) is 139 Å². The maximum atomic E-state index is 13.2. The molecule has 28 heteroatoms. The van der Waals surface area contributed by atoms with E-state index in [0.717, 1.165) is 35.1 Å². The van der Waals surface area contributed by atoms with Crippen LogP contribution in [0.2, 0.25) is 0 Å². The van der Waals surface area contributed by atoms with Gasteiger partial charge in [-0.1, -0.05) is 222 Å². The van der Waals surface area contributed by atoms with E-state index in [1.165, 1.54) is 33.3 Å². The molecule has 0 bridgehead atoms. The van der Waals surface area contributed by atoms with E-state index in [1.807, 2.05) is 163 Å². The monoisotopic (exact) mass is 1710 g/mol. The number of carbonyl (C=O) groups excluding carboxylic acids is 5. The van der Waals surface area contributed by atoms with Crippen molar-refractivity contribution >= 4 is 38.7 Å². The topological polar surface area (TPSA) is 305 Å². The van der Waals surface area contributed by atoms with Gasteiger partial charge in [-0.25, -0.2) is 9.59 Å². The predicted molar refractivity (Wildman–Crippen MR) is 454 cm³/mol. The fourth-order valence-corrected chi connectivity index (χ4v) is 17.6. The average Bonchev–Trinajstić information content (AvgIpc) is 0.778. The third-order valence-corrected chi connectivity index (χ3v) is 25.7. The highest BCUT2D eigenvalue weighted by Crippen LogP contribution is 2.47. The van der Waals surface area contributed by atoms with Crippen LogP contribution in [0.5, 0.6) is 0 Å². The van der Waals surface area contributed by atoms with Crippen LogP contribution in [0.1, 0.15) is 164 Å². The Morgan fingerprint density at radius 1 is 0.446 bits per heavy atom. The molecule has 10 rings (SSSR count). The molecule has 3 N–H and O–H groups in total. The molecule has 121 heavy (non-hydrogen) atoms. The van der Waals surface area contributed by atoms with Crippen molar-refractivity contribution in [3.63, 3.8) is 0 Å². The number of alkyl carbamates (subject to hydrolysis) is 2. The number of benzene rings is 4. The first kappa shape index (κ1) is 99.6. The van der Waals surface area contributed by atoms with Crippen LogP contribution in [-0.2, 0) is 130 Å². The number of ether oxygens (including phenoxy) is 16. The summed E-state index contributed by atoms with van der Waals surface area (Å²) in [6.45, 7) is 37.5. The molecule has 27 nitrogen and oxygen atoms in total. The Hall–Kier alpha value is -6.86. The van der Waals surface area contributed by atoms with Crippen molar-refractivity contribution in [2.24, 2.45) is 59.2 Å². The van der Waals surface area contributed by atoms with Gasteiger partial charge in [-0.2, -0.15) is 0 Å². The summed E-state index contributed by atoms with van der Waals surface area (Å²) in [7, 11) is 1.14. The number of hydrogen-bond acceptors (Lipinski definition) is 25. The minimum atomic E-state index is -1.66. The Morgan fingerprint density at radius 3 is 1.23 bits per heavy atom. The first-order chi connectivity index (χ1) is 58.3. The number of hydrogen-bond donors (Lipinski definition) is 3. The van der Waals surface area contributed by atoms with Gasteiger partial charge in [-0.05, 0) is 118 Å². The van der Waals surface area contributed by atoms with Gasteiger partial charge < -0.3 is 101 Å². The van der Waals surface area contributed by atoms with Crippen molar-refractivity contribution in [1.82, 2.24) is 10.6 Å². The predicted octanol–water partition coefficient (Wildman–Crippen LogP) is 15.6. The van der Waals surface area contributed by atoms with Crippen molar-refractivity contribution < 1.29 is 118 Å². The molecule has 6 fully saturated rings. The molecule has 2 aliphatic carbocycles. The van der Waals surface area contributed by atoms with E-state index >= 15 is 0 Å². The van der Waals surface area contributed by atoms with E-state index in [4.69, 9.17) is 89.4 Å². The molecule has 13 unspecified atom stereocenters. The van der Waals surface area contributed by atoms with Gasteiger partial charge >= 0.3 is 38.7 Å². The molecule has 4 saturated heterocycles. The van der Waals surface area contributed by atoms with Crippen LogP contribution >= 0.6 is 8.60 Å². The molecule has 4 heterocycles. The van der Waals surface area contributed by atoms with Crippen molar-refractivity contribution in [2.75, 3.05) is 47.3 Å². The van der Waals surface area contributed by atoms with E-state index < -0.39 is 107 Å². The minimum absolute atomic E-state index is 0.00816. The average molecular weight is 1710 g/mol. The zero-order valence-electron chi connectivity index (χ0n) is 73.8. The van der Waals surface area contributed by atoms with Crippen molar-refractivity contribution in [1.29, 1.82) is 0 Å². The van der Waals surface area contributed by atoms with E-state index in [0.29, 0.717) is 71.7 Å². The molecule has 4 aromatic rings. The van der Waals surface area contributed by atoms with Crippen LogP contribution in [0.4, 0.5) is 9.59 Å². The zero-order chi connectivity index (χ0) is 87.7. The molecule has 28 atom stereocenters. The number of rotatable bonds is 37. The van der Waals surface area contributed by atoms with E-state index in [2.05, 4.69) is 72.3 Å². The van der Waals surface area contributed by atoms with Crippen molar-refractivity contribution in [3.05, 3.63) is 169 Å². The first-order valence-electron chi connectivity index (χ1n) is 43.3. The van der Waals surface area contributed by atoms with Crippen molar-refractivity contribution in [3.8, 4) is 0 Å². The fourth-order valence-electron chi connectivity index (χ4n) is 16.6. The largest absolute Gasteiger partial charge is 0.469 e. The summed E-state index contributed by atoms with van der Waals surface area (Å²) in [5.41, 5.74) is 4.21. The van der Waals surface area contributed by atoms with Crippen LogP contribution in [0.25, 0.3) is 0 Å². The molecular formula is C93H137N2O25P. The molecule has 0 spiro atoms. The van der Waals surface area contributed by atoms with Crippen molar-refractivity contribution in [2.45, 2.75) is 279 Å². The second-order valence-electron chi connectivity index (χ2n) is 32.4. The summed E-state index contributed by atoms with van der Waals surface area (Å²) in [4.78, 5) is 61.6. The third kappa shape index (κ3) is 29.4. The maximum Gasteiger partial charge on any atom is 0.407 e. The Morgan fingerprint density at radius 2 is 0.835 bits per heavy atom. The standard InChI is InChI=1S/C44H63NO10.C31H42O7.C18H32NO8P/c1-9-22-49-44(47)45-37-28(5)27(4)35(11-3)53-42(37)54-36-24-34(41(46)48-8)23-33(10-2)39(36)55-43-40(51-26-32-20-16-13-17-21-32)38(29(6)30(7)52-43)50-25-31-18-14-12-15-19-31;1-5-24-16-25(30(33)34-4)17-26(32)28(24)38-31-29(36-19-23-14-10-7-11-15-23)27(20(2)21(3)37-31)35-18-22-12-8-6-9-13-22;1-7-10-22-18(21)19-16-13(5)12(4)15(11-23-14(6)20)26-17(16)27-28(24-8-2)25-9-3/h9,12-21,27-30,33-40,42-43H,1,10-11,22-26H2,2-8H3,(H,45,47);6-15,20-21,24-29,31-32H,5,16-19H2,1-4H3;7,12-13,15-17H,1,8-11H2,2-6H3,(H,19,21)/t27-,28?,29-,30?,33-,34?,35+,36-,37?,38+,39?,40?,42+,43+;20-,21?,24-,25?,26-,27+,28?,29?,31+;12-,13?,15+,16?,17?/m111/s1. The number of amides is 2. The third-order valence-electron chi connectivity index (χ3n) is 24.4. The number of aliphatic hydroxyl groups is 1. The van der Waals surface area contributed by atoms with Crippen LogP contribution in [0.15, 0.2) is 147 Å². The Labute approximate surface area is 718 Å². The van der Waals surface area contributed by atoms with Crippen LogP contribution in [-0.4, -0.2) is 193 Å². The summed E-state index contributed by atoms with van der Waals surface area (Å²) in [6.07, 6.45) is -2.36. The molecular weight excluding hydrogens is 1580 g/mol. The maximum absolute atomic E-state index is 13.2. The normalized spacial score (nSPS) is 32.8. The van der Waals surface area contributed by atoms with Crippen LogP contribution in [0.3, 0.4) is 0 Å². The summed E-state index contributed by atoms with van der Waals surface area (Å²) in [5.74, 6) is -1.72. The Balaban J connectivity index is 0.000000240. The zero-order valence-corrected chi connectivity index (χ0v) is 74.7. The number of aliphatic hydroxyl groups excluding tert-OH is 1. The molecule has 2 amide bonds. The van der Waals surface area contributed by atoms with E-state index in [-0.39, 0.29) is 122 Å². The fraction of sp³-hybridized carbons (Fsp3) is 0.645. The van der Waals surface area contributed by atoms with Gasteiger partial charge in [0, 0.05) is 18.8 Å². The first-order valence-corrected chi connectivity index (χ1v) is 44.4. The lowest BCUT2D eigenvalue weighted by Crippen LogP contribution is -2.61. The van der Waals surface area contributed by atoms with Gasteiger partial charge in [-0.15, -0.1) is 0 Å². The Kier molecular flexibility index (Phi) is 42.4. The molecule has 674 valence electrons. The lowest BCUT2D eigenvalue weighted by atomic mass is 9.76. The summed E-state index contributed by atoms with van der Waals surface area (Å²) < 4.78 is 116. The minimum Gasteiger partial charge on any atom is -0.469 e. The number of nitrogens with one attached hydrogen (secondary N) is 2. The molecule has 0 radical (unpaired) electrons. The highest BCUT2D eigenvalue weighted by Gasteiger charge is 2.54. The number of esters is 3. The molecule has 4 aliphatic heterocycles. The van der Waals surface area contributed by atoms with Gasteiger partial charge in [0.1, 0.15) is 32.0 Å². The van der Waals surface area contributed by atoms with Crippen LogP contribution in [0, 0.1) is 59.2 Å². The SMILES string of the molecule is C=CCOC(=O)NC1C(C)[C@@H](C)[C@H](CC)O[C@H]1O[C@@H]1CC(C(=O)OC)C[C@@H](CC)C1O[C@@H]1OC(C)[C@@H](C)[C@H](OCc2ccccc2)C1OCc1ccccc1.C=CCOC(=O)NC1C(OP(OCC)OCC)O[C@@H](COC(C)=O)[C@H](C)C1C.CC[C@@H]1CC(C(=O)OC)C[C@@H](O)C1O[C@@H]1OC(C)[C@@H](C)[C@H](OCc2ccccc2)C1OCc1ccccc1. The Bertz CT molecular complexity index is 3670. The van der Waals surface area contributed by atoms with Gasteiger partial charge in [-0.3, -0.25) is 18.9 Å². The smallest absolute Gasteiger partial charge is 0.407 e. The second kappa shape index (κ2) is 51.5. The van der Waals surface area contributed by atoms with E-state index in [9.17, 15) is 29.1 Å². The summed E-state index contributed by atoms with van der Waals surface area (Å²) in [6, 6.07) is 39.2. The van der Waals surface area contributed by atoms with Gasteiger partial charge in [0.25, 0.3) is 0 Å². The molecule has 4 aromatic carbocycles. The van der Waals surface area contributed by atoms with Gasteiger partial charge in [0.15, 0.2) is 25.2 Å². The number of methoxy groups -OCH3 is 2.